The minimum Gasteiger partial charge on any atom is -0.480 e. The predicted octanol–water partition coefficient (Wildman–Crippen LogP) is -0.910. The molecule has 0 fully saturated rings. The van der Waals surface area contributed by atoms with Crippen LogP contribution in [0.5, 0.6) is 0 Å². The minimum absolute atomic E-state index is 0.437. The number of hydrogen-bond acceptors (Lipinski definition) is 4. The lowest BCUT2D eigenvalue weighted by atomic mass is 10.4. The number of carboxylic acid groups (broad SMARTS) is 1. The maximum Gasteiger partial charge on any atom is 0.321 e. The fourth-order valence-electron chi connectivity index (χ4n) is 0.365. The molecule has 5 heteroatoms. The van der Waals surface area contributed by atoms with E-state index in [-0.39, 0.29) is 0 Å². The molecule has 0 rings (SSSR count). The summed E-state index contributed by atoms with van der Waals surface area (Å²) < 4.78 is 0. The molecular formula is C5H12N2O2S. The SMILES string of the molecule is NCCSCC(N)C(=O)O. The molecule has 0 bridgehead atoms. The van der Waals surface area contributed by atoms with Gasteiger partial charge in [0.15, 0.2) is 0 Å². The highest BCUT2D eigenvalue weighted by molar-refractivity contribution is 7.99. The van der Waals surface area contributed by atoms with Crippen LogP contribution in [0.3, 0.4) is 0 Å². The lowest BCUT2D eigenvalue weighted by molar-refractivity contribution is -0.137. The molecule has 0 aliphatic heterocycles. The fourth-order valence-corrected chi connectivity index (χ4v) is 1.09. The Labute approximate surface area is 64.0 Å². The molecule has 0 saturated heterocycles. The second kappa shape index (κ2) is 5.52. The van der Waals surface area contributed by atoms with Crippen LogP contribution in [-0.4, -0.2) is 35.2 Å². The van der Waals surface area contributed by atoms with Crippen molar-refractivity contribution >= 4 is 17.7 Å². The molecule has 0 saturated carbocycles. The monoisotopic (exact) mass is 164 g/mol. The Morgan fingerprint density at radius 1 is 1.70 bits per heavy atom. The van der Waals surface area contributed by atoms with Crippen molar-refractivity contribution in [1.82, 2.24) is 0 Å². The van der Waals surface area contributed by atoms with Crippen LogP contribution in [0, 0.1) is 0 Å². The average molecular weight is 164 g/mol. The highest BCUT2D eigenvalue weighted by atomic mass is 32.2. The van der Waals surface area contributed by atoms with E-state index in [0.717, 1.165) is 5.75 Å². The second-order valence-corrected chi connectivity index (χ2v) is 2.96. The van der Waals surface area contributed by atoms with Gasteiger partial charge in [-0.2, -0.15) is 11.8 Å². The van der Waals surface area contributed by atoms with Gasteiger partial charge in [0.2, 0.25) is 0 Å². The van der Waals surface area contributed by atoms with Crippen molar-refractivity contribution in [2.75, 3.05) is 18.1 Å². The van der Waals surface area contributed by atoms with E-state index in [2.05, 4.69) is 0 Å². The van der Waals surface area contributed by atoms with E-state index in [4.69, 9.17) is 16.6 Å². The van der Waals surface area contributed by atoms with E-state index in [1.54, 1.807) is 0 Å². The Balaban J connectivity index is 3.21. The summed E-state index contributed by atoms with van der Waals surface area (Å²) in [6.45, 7) is 0.566. The van der Waals surface area contributed by atoms with E-state index in [1.807, 2.05) is 0 Å². The first-order valence-electron chi connectivity index (χ1n) is 2.94. The first-order valence-corrected chi connectivity index (χ1v) is 4.10. The molecule has 0 heterocycles. The van der Waals surface area contributed by atoms with Gasteiger partial charge in [-0.3, -0.25) is 4.79 Å². The molecule has 0 aliphatic rings. The van der Waals surface area contributed by atoms with Crippen molar-refractivity contribution in [2.24, 2.45) is 11.5 Å². The molecular weight excluding hydrogens is 152 g/mol. The lowest BCUT2D eigenvalue weighted by Crippen LogP contribution is -2.32. The zero-order valence-electron chi connectivity index (χ0n) is 5.62. The molecule has 4 nitrogen and oxygen atoms in total. The summed E-state index contributed by atoms with van der Waals surface area (Å²) >= 11 is 1.46. The van der Waals surface area contributed by atoms with Crippen LogP contribution in [0.25, 0.3) is 0 Å². The summed E-state index contributed by atoms with van der Waals surface area (Å²) in [5.41, 5.74) is 10.4. The number of aliphatic carboxylic acids is 1. The molecule has 0 spiro atoms. The molecule has 5 N–H and O–H groups in total. The van der Waals surface area contributed by atoms with Crippen LogP contribution >= 0.6 is 11.8 Å². The summed E-state index contributed by atoms with van der Waals surface area (Å²) in [4.78, 5) is 10.1. The first-order chi connectivity index (χ1) is 4.68. The van der Waals surface area contributed by atoms with Gasteiger partial charge in [0.25, 0.3) is 0 Å². The number of carboxylic acids is 1. The molecule has 0 aliphatic carbocycles. The molecule has 0 radical (unpaired) electrons. The normalized spacial score (nSPS) is 13.0. The Bertz CT molecular complexity index is 110. The van der Waals surface area contributed by atoms with Crippen LogP contribution in [0.2, 0.25) is 0 Å². The smallest absolute Gasteiger partial charge is 0.321 e. The van der Waals surface area contributed by atoms with Gasteiger partial charge >= 0.3 is 5.97 Å². The Kier molecular flexibility index (Phi) is 5.38. The minimum atomic E-state index is -0.954. The number of rotatable bonds is 5. The highest BCUT2D eigenvalue weighted by Gasteiger charge is 2.09. The van der Waals surface area contributed by atoms with Crippen LogP contribution < -0.4 is 11.5 Å². The van der Waals surface area contributed by atoms with Gasteiger partial charge in [0.1, 0.15) is 6.04 Å². The van der Waals surface area contributed by atoms with Crippen molar-refractivity contribution in [3.8, 4) is 0 Å². The molecule has 10 heavy (non-hydrogen) atoms. The van der Waals surface area contributed by atoms with Gasteiger partial charge in [0, 0.05) is 18.1 Å². The van der Waals surface area contributed by atoms with E-state index in [9.17, 15) is 4.79 Å². The summed E-state index contributed by atoms with van der Waals surface area (Å²) in [5.74, 6) is 0.248. The van der Waals surface area contributed by atoms with Crippen LogP contribution in [0.15, 0.2) is 0 Å². The third kappa shape index (κ3) is 4.60. The standard InChI is InChI=1S/C5H12N2O2S/c6-1-2-10-3-4(7)5(8)9/h4H,1-3,6-7H2,(H,8,9). The van der Waals surface area contributed by atoms with E-state index >= 15 is 0 Å². The largest absolute Gasteiger partial charge is 0.480 e. The van der Waals surface area contributed by atoms with Gasteiger partial charge in [-0.15, -0.1) is 0 Å². The van der Waals surface area contributed by atoms with Gasteiger partial charge in [0.05, 0.1) is 0 Å². The fraction of sp³-hybridized carbons (Fsp3) is 0.800. The summed E-state index contributed by atoms with van der Waals surface area (Å²) in [6.07, 6.45) is 0. The van der Waals surface area contributed by atoms with Crippen LogP contribution in [0.4, 0.5) is 0 Å². The predicted molar refractivity (Wildman–Crippen MR) is 42.0 cm³/mol. The van der Waals surface area contributed by atoms with Gasteiger partial charge in [-0.1, -0.05) is 0 Å². The van der Waals surface area contributed by atoms with Crippen molar-refractivity contribution < 1.29 is 9.90 Å². The van der Waals surface area contributed by atoms with Gasteiger partial charge in [-0.25, -0.2) is 0 Å². The maximum absolute atomic E-state index is 10.1. The topological polar surface area (TPSA) is 89.3 Å². The maximum atomic E-state index is 10.1. The molecule has 60 valence electrons. The number of carbonyl (C=O) groups is 1. The average Bonchev–Trinajstić information content (AvgIpc) is 1.88. The molecule has 0 aromatic carbocycles. The second-order valence-electron chi connectivity index (χ2n) is 1.81. The highest BCUT2D eigenvalue weighted by Crippen LogP contribution is 1.99. The van der Waals surface area contributed by atoms with Crippen molar-refractivity contribution in [3.63, 3.8) is 0 Å². The van der Waals surface area contributed by atoms with Gasteiger partial charge in [-0.05, 0) is 0 Å². The third-order valence-corrected chi connectivity index (χ3v) is 2.00. The quantitative estimate of drug-likeness (QED) is 0.458. The Morgan fingerprint density at radius 2 is 2.30 bits per heavy atom. The van der Waals surface area contributed by atoms with Gasteiger partial charge < -0.3 is 16.6 Å². The van der Waals surface area contributed by atoms with E-state index in [1.165, 1.54) is 11.8 Å². The lowest BCUT2D eigenvalue weighted by Gasteiger charge is -2.03. The summed E-state index contributed by atoms with van der Waals surface area (Å²) in [5, 5.41) is 8.31. The molecule has 1 atom stereocenters. The van der Waals surface area contributed by atoms with Crippen molar-refractivity contribution in [2.45, 2.75) is 6.04 Å². The van der Waals surface area contributed by atoms with Crippen LogP contribution in [0.1, 0.15) is 0 Å². The van der Waals surface area contributed by atoms with Crippen molar-refractivity contribution in [3.05, 3.63) is 0 Å². The van der Waals surface area contributed by atoms with E-state index in [0.29, 0.717) is 12.3 Å². The van der Waals surface area contributed by atoms with Crippen LogP contribution in [-0.2, 0) is 4.79 Å². The zero-order chi connectivity index (χ0) is 7.98. The third-order valence-electron chi connectivity index (χ3n) is 0.877. The molecule has 0 aromatic rings. The molecule has 0 aromatic heterocycles. The molecule has 1 unspecified atom stereocenters. The van der Waals surface area contributed by atoms with E-state index < -0.39 is 12.0 Å². The zero-order valence-corrected chi connectivity index (χ0v) is 6.43. The Morgan fingerprint density at radius 3 is 2.70 bits per heavy atom. The Hall–Kier alpha value is -0.260. The number of nitrogens with two attached hydrogens (primary N) is 2. The first kappa shape index (κ1) is 9.74. The number of thioether (sulfide) groups is 1. The molecule has 0 amide bonds. The van der Waals surface area contributed by atoms with Crippen molar-refractivity contribution in [1.29, 1.82) is 0 Å². The summed E-state index contributed by atoms with van der Waals surface area (Å²) in [7, 11) is 0. The summed E-state index contributed by atoms with van der Waals surface area (Å²) in [6, 6.07) is -0.753. The number of hydrogen-bond donors (Lipinski definition) is 3.